The van der Waals surface area contributed by atoms with Crippen molar-refractivity contribution in [3.63, 3.8) is 0 Å². The van der Waals surface area contributed by atoms with Crippen LogP contribution in [0.2, 0.25) is 0 Å². The van der Waals surface area contributed by atoms with Gasteiger partial charge in [-0.3, -0.25) is 4.79 Å². The van der Waals surface area contributed by atoms with Gasteiger partial charge in [0.1, 0.15) is 11.7 Å². The van der Waals surface area contributed by atoms with Crippen molar-refractivity contribution in [2.24, 2.45) is 0 Å². The molecule has 70 valence electrons. The van der Waals surface area contributed by atoms with Gasteiger partial charge in [0, 0.05) is 6.92 Å². The predicted octanol–water partition coefficient (Wildman–Crippen LogP) is 1.68. The van der Waals surface area contributed by atoms with Gasteiger partial charge < -0.3 is 9.47 Å². The molecule has 1 saturated heterocycles. The highest BCUT2D eigenvalue weighted by Gasteiger charge is 2.28. The Kier molecular flexibility index (Phi) is 3.35. The van der Waals surface area contributed by atoms with Gasteiger partial charge in [0.05, 0.1) is 6.10 Å². The fourth-order valence-corrected chi connectivity index (χ4v) is 1.57. The minimum atomic E-state index is -0.261. The molecule has 1 heterocycles. The Labute approximate surface area is 77.0 Å². The molecule has 0 aromatic heterocycles. The maximum Gasteiger partial charge on any atom is 0.302 e. The summed E-state index contributed by atoms with van der Waals surface area (Å²) in [5.41, 5.74) is -0.230. The van der Waals surface area contributed by atoms with Crippen LogP contribution in [0.25, 0.3) is 0 Å². The van der Waals surface area contributed by atoms with Crippen LogP contribution in [0, 0.1) is 0 Å². The van der Waals surface area contributed by atoms with Crippen LogP contribution in [0.4, 0.5) is 0 Å². The molecule has 1 aliphatic heterocycles. The molecule has 0 bridgehead atoms. The standard InChI is InChI=1S/C8H13ClO3/c1-5-7(12-6(2)10)3-4-8(9)11-5/h5,7-8H,3-4H2,1-2H3/t5-,7+,8-/m0/s1. The first-order valence-corrected chi connectivity index (χ1v) is 4.50. The molecule has 3 nitrogen and oxygen atoms in total. The summed E-state index contributed by atoms with van der Waals surface area (Å²) in [6, 6.07) is 0. The molecule has 0 spiro atoms. The first-order chi connectivity index (χ1) is 5.59. The molecule has 0 aromatic carbocycles. The third-order valence-electron chi connectivity index (χ3n) is 1.88. The second kappa shape index (κ2) is 4.10. The zero-order valence-corrected chi connectivity index (χ0v) is 8.00. The van der Waals surface area contributed by atoms with Gasteiger partial charge in [-0.05, 0) is 19.8 Å². The van der Waals surface area contributed by atoms with E-state index >= 15 is 0 Å². The molecule has 0 aromatic rings. The summed E-state index contributed by atoms with van der Waals surface area (Å²) in [5.74, 6) is -0.261. The third kappa shape index (κ3) is 2.64. The quantitative estimate of drug-likeness (QED) is 0.469. The van der Waals surface area contributed by atoms with Crippen molar-refractivity contribution in [3.05, 3.63) is 0 Å². The second-order valence-electron chi connectivity index (χ2n) is 2.98. The van der Waals surface area contributed by atoms with E-state index in [0.29, 0.717) is 0 Å². The number of alkyl halides is 1. The topological polar surface area (TPSA) is 35.5 Å². The molecule has 1 fully saturated rings. The molecule has 4 heteroatoms. The summed E-state index contributed by atoms with van der Waals surface area (Å²) in [6.07, 6.45) is 1.31. The summed E-state index contributed by atoms with van der Waals surface area (Å²) < 4.78 is 10.3. The van der Waals surface area contributed by atoms with E-state index in [-0.39, 0.29) is 23.7 Å². The first kappa shape index (κ1) is 9.81. The van der Waals surface area contributed by atoms with Crippen LogP contribution in [-0.2, 0) is 14.3 Å². The Balaban J connectivity index is 2.39. The number of hydrogen-bond donors (Lipinski definition) is 0. The molecule has 12 heavy (non-hydrogen) atoms. The van der Waals surface area contributed by atoms with Gasteiger partial charge in [-0.1, -0.05) is 11.6 Å². The SMILES string of the molecule is CC(=O)O[C@@H]1CC[C@@H](Cl)O[C@H]1C. The highest BCUT2D eigenvalue weighted by Crippen LogP contribution is 2.23. The molecule has 0 saturated carbocycles. The van der Waals surface area contributed by atoms with Crippen LogP contribution in [0.3, 0.4) is 0 Å². The fourth-order valence-electron chi connectivity index (χ4n) is 1.29. The number of carbonyl (C=O) groups excluding carboxylic acids is 1. The zero-order chi connectivity index (χ0) is 9.14. The van der Waals surface area contributed by atoms with Gasteiger partial charge in [-0.25, -0.2) is 0 Å². The number of rotatable bonds is 1. The Morgan fingerprint density at radius 1 is 1.58 bits per heavy atom. The Morgan fingerprint density at radius 2 is 2.25 bits per heavy atom. The number of halogens is 1. The minimum Gasteiger partial charge on any atom is -0.460 e. The van der Waals surface area contributed by atoms with Crippen molar-refractivity contribution in [2.75, 3.05) is 0 Å². The number of carbonyl (C=O) groups is 1. The van der Waals surface area contributed by atoms with Crippen molar-refractivity contribution in [1.82, 2.24) is 0 Å². The third-order valence-corrected chi connectivity index (χ3v) is 2.20. The average molecular weight is 193 g/mol. The minimum absolute atomic E-state index is 0.0925. The molecular formula is C8H13ClO3. The molecule has 0 N–H and O–H groups in total. The summed E-state index contributed by atoms with van der Waals surface area (Å²) in [6.45, 7) is 3.27. The molecule has 1 aliphatic rings. The van der Waals surface area contributed by atoms with Crippen LogP contribution < -0.4 is 0 Å². The first-order valence-electron chi connectivity index (χ1n) is 4.06. The normalized spacial score (nSPS) is 36.1. The van der Waals surface area contributed by atoms with Crippen molar-refractivity contribution < 1.29 is 14.3 Å². The Morgan fingerprint density at radius 3 is 2.75 bits per heavy atom. The molecule has 3 atom stereocenters. The van der Waals surface area contributed by atoms with Gasteiger partial charge in [0.25, 0.3) is 0 Å². The van der Waals surface area contributed by atoms with Gasteiger partial charge in [-0.15, -0.1) is 0 Å². The van der Waals surface area contributed by atoms with Crippen molar-refractivity contribution in [3.8, 4) is 0 Å². The molecular weight excluding hydrogens is 180 g/mol. The van der Waals surface area contributed by atoms with Crippen LogP contribution in [0.1, 0.15) is 26.7 Å². The number of esters is 1. The fraction of sp³-hybridized carbons (Fsp3) is 0.875. The second-order valence-corrected chi connectivity index (χ2v) is 3.46. The van der Waals surface area contributed by atoms with Crippen LogP contribution in [0.15, 0.2) is 0 Å². The van der Waals surface area contributed by atoms with Gasteiger partial charge in [0.15, 0.2) is 0 Å². The van der Waals surface area contributed by atoms with E-state index in [9.17, 15) is 4.79 Å². The lowest BCUT2D eigenvalue weighted by Gasteiger charge is -2.31. The predicted molar refractivity (Wildman–Crippen MR) is 45.0 cm³/mol. The summed E-state index contributed by atoms with van der Waals surface area (Å²) in [5, 5.41) is 0. The van der Waals surface area contributed by atoms with E-state index in [4.69, 9.17) is 21.1 Å². The zero-order valence-electron chi connectivity index (χ0n) is 7.25. The molecule has 0 unspecified atom stereocenters. The maximum absolute atomic E-state index is 10.6. The van der Waals surface area contributed by atoms with E-state index in [2.05, 4.69) is 0 Å². The van der Waals surface area contributed by atoms with E-state index < -0.39 is 0 Å². The van der Waals surface area contributed by atoms with Crippen molar-refractivity contribution in [1.29, 1.82) is 0 Å². The maximum atomic E-state index is 10.6. The molecule has 1 rings (SSSR count). The summed E-state index contributed by atoms with van der Waals surface area (Å²) >= 11 is 5.75. The average Bonchev–Trinajstić information content (AvgIpc) is 1.94. The van der Waals surface area contributed by atoms with Gasteiger partial charge in [-0.2, -0.15) is 0 Å². The largest absolute Gasteiger partial charge is 0.460 e. The van der Waals surface area contributed by atoms with Gasteiger partial charge >= 0.3 is 5.97 Å². The molecule has 0 amide bonds. The lowest BCUT2D eigenvalue weighted by atomic mass is 10.1. The highest BCUT2D eigenvalue weighted by atomic mass is 35.5. The number of hydrogen-bond acceptors (Lipinski definition) is 3. The lowest BCUT2D eigenvalue weighted by Crippen LogP contribution is -2.37. The highest BCUT2D eigenvalue weighted by molar-refractivity contribution is 6.19. The summed E-state index contributed by atoms with van der Waals surface area (Å²) in [7, 11) is 0. The van der Waals surface area contributed by atoms with Gasteiger partial charge in [0.2, 0.25) is 0 Å². The van der Waals surface area contributed by atoms with E-state index in [0.717, 1.165) is 12.8 Å². The molecule has 0 radical (unpaired) electrons. The Hall–Kier alpha value is -0.280. The van der Waals surface area contributed by atoms with Crippen LogP contribution in [-0.4, -0.2) is 23.7 Å². The van der Waals surface area contributed by atoms with Crippen LogP contribution >= 0.6 is 11.6 Å². The lowest BCUT2D eigenvalue weighted by molar-refractivity contribution is -0.161. The smallest absolute Gasteiger partial charge is 0.302 e. The monoisotopic (exact) mass is 192 g/mol. The van der Waals surface area contributed by atoms with Crippen molar-refractivity contribution in [2.45, 2.75) is 44.5 Å². The number of ether oxygens (including phenoxy) is 2. The van der Waals surface area contributed by atoms with E-state index in [1.165, 1.54) is 6.92 Å². The Bertz CT molecular complexity index is 172. The molecule has 0 aliphatic carbocycles. The summed E-state index contributed by atoms with van der Waals surface area (Å²) in [4.78, 5) is 10.6. The van der Waals surface area contributed by atoms with E-state index in [1.54, 1.807) is 0 Å². The van der Waals surface area contributed by atoms with Crippen LogP contribution in [0.5, 0.6) is 0 Å². The van der Waals surface area contributed by atoms with Crippen molar-refractivity contribution >= 4 is 17.6 Å². The van der Waals surface area contributed by atoms with E-state index in [1.807, 2.05) is 6.92 Å².